The van der Waals surface area contributed by atoms with Gasteiger partial charge in [-0.2, -0.15) is 0 Å². The Bertz CT molecular complexity index is 453. The molecule has 0 amide bonds. The Morgan fingerprint density at radius 3 is 3.11 bits per heavy atom. The second-order valence-corrected chi connectivity index (χ2v) is 4.49. The Kier molecular flexibility index (Phi) is 4.25. The lowest BCUT2D eigenvalue weighted by Gasteiger charge is -2.10. The highest BCUT2D eigenvalue weighted by Crippen LogP contribution is 2.20. The summed E-state index contributed by atoms with van der Waals surface area (Å²) in [6.07, 6.45) is 0. The molecule has 2 rings (SSSR count). The van der Waals surface area contributed by atoms with Crippen LogP contribution < -0.4 is 15.4 Å². The summed E-state index contributed by atoms with van der Waals surface area (Å²) in [6, 6.07) is 4.68. The number of ether oxygens (including phenoxy) is 1. The van der Waals surface area contributed by atoms with Gasteiger partial charge in [-0.3, -0.25) is 4.99 Å². The molecule has 0 saturated carbocycles. The number of halogens is 2. The Morgan fingerprint density at radius 1 is 1.61 bits per heavy atom. The number of hydrogen-bond donors (Lipinski definition) is 2. The fourth-order valence-electron chi connectivity index (χ4n) is 1.56. The SMILES string of the molecule is CC1CN=C(NCCOc2ccc(F)c(Cl)c2)N1. The number of hydrogen-bond acceptors (Lipinski definition) is 4. The molecule has 0 aromatic heterocycles. The Hall–Kier alpha value is -1.49. The average Bonchev–Trinajstić information content (AvgIpc) is 2.75. The quantitative estimate of drug-likeness (QED) is 0.821. The zero-order valence-electron chi connectivity index (χ0n) is 10.0. The van der Waals surface area contributed by atoms with E-state index >= 15 is 0 Å². The minimum atomic E-state index is -0.444. The number of benzene rings is 1. The minimum absolute atomic E-state index is 0.0659. The Labute approximate surface area is 110 Å². The molecule has 18 heavy (non-hydrogen) atoms. The molecule has 1 aliphatic rings. The first-order valence-electron chi connectivity index (χ1n) is 5.78. The van der Waals surface area contributed by atoms with E-state index in [0.29, 0.717) is 24.9 Å². The molecule has 4 nitrogen and oxygen atoms in total. The van der Waals surface area contributed by atoms with Crippen LogP contribution in [0.2, 0.25) is 5.02 Å². The molecule has 1 aromatic rings. The largest absolute Gasteiger partial charge is 0.492 e. The van der Waals surface area contributed by atoms with Crippen molar-refractivity contribution in [2.45, 2.75) is 13.0 Å². The first-order chi connectivity index (χ1) is 8.65. The lowest BCUT2D eigenvalue weighted by Crippen LogP contribution is -2.39. The summed E-state index contributed by atoms with van der Waals surface area (Å²) in [4.78, 5) is 4.26. The van der Waals surface area contributed by atoms with Crippen molar-refractivity contribution < 1.29 is 9.13 Å². The molecule has 0 aliphatic carbocycles. The third-order valence-corrected chi connectivity index (χ3v) is 2.75. The molecule has 0 saturated heterocycles. The fourth-order valence-corrected chi connectivity index (χ4v) is 1.74. The van der Waals surface area contributed by atoms with Crippen molar-refractivity contribution >= 4 is 17.6 Å². The van der Waals surface area contributed by atoms with Gasteiger partial charge in [-0.25, -0.2) is 4.39 Å². The van der Waals surface area contributed by atoms with E-state index in [1.165, 1.54) is 12.1 Å². The molecule has 0 fully saturated rings. The second kappa shape index (κ2) is 5.91. The summed E-state index contributed by atoms with van der Waals surface area (Å²) < 4.78 is 18.3. The van der Waals surface area contributed by atoms with Crippen LogP contribution in [0.25, 0.3) is 0 Å². The maximum atomic E-state index is 12.9. The average molecular weight is 272 g/mol. The molecule has 0 radical (unpaired) electrons. The topological polar surface area (TPSA) is 45.7 Å². The fraction of sp³-hybridized carbons (Fsp3) is 0.417. The van der Waals surface area contributed by atoms with Crippen LogP contribution in [-0.2, 0) is 0 Å². The monoisotopic (exact) mass is 271 g/mol. The van der Waals surface area contributed by atoms with Crippen molar-refractivity contribution in [2.75, 3.05) is 19.7 Å². The molecule has 6 heteroatoms. The van der Waals surface area contributed by atoms with Gasteiger partial charge in [0.15, 0.2) is 5.96 Å². The number of aliphatic imine (C=N–C) groups is 1. The molecule has 0 spiro atoms. The molecule has 1 atom stereocenters. The van der Waals surface area contributed by atoms with Crippen LogP contribution in [0.5, 0.6) is 5.75 Å². The summed E-state index contributed by atoms with van der Waals surface area (Å²) in [5.41, 5.74) is 0. The zero-order valence-corrected chi connectivity index (χ0v) is 10.8. The number of nitrogens with zero attached hydrogens (tertiary/aromatic N) is 1. The lowest BCUT2D eigenvalue weighted by molar-refractivity contribution is 0.321. The lowest BCUT2D eigenvalue weighted by atomic mass is 10.3. The molecule has 1 heterocycles. The Balaban J connectivity index is 1.70. The van der Waals surface area contributed by atoms with E-state index in [2.05, 4.69) is 22.5 Å². The van der Waals surface area contributed by atoms with Crippen LogP contribution in [0.15, 0.2) is 23.2 Å². The van der Waals surface area contributed by atoms with Gasteiger partial charge >= 0.3 is 0 Å². The van der Waals surface area contributed by atoms with Crippen LogP contribution in [0, 0.1) is 5.82 Å². The van der Waals surface area contributed by atoms with E-state index < -0.39 is 5.82 Å². The van der Waals surface area contributed by atoms with Crippen molar-refractivity contribution in [1.29, 1.82) is 0 Å². The van der Waals surface area contributed by atoms with Gasteiger partial charge in [0.05, 0.1) is 18.1 Å². The standard InChI is InChI=1S/C12H15ClFN3O/c1-8-7-16-12(17-8)15-4-5-18-9-2-3-11(14)10(13)6-9/h2-3,6,8H,4-5,7H2,1H3,(H2,15,16,17). The molecule has 2 N–H and O–H groups in total. The second-order valence-electron chi connectivity index (χ2n) is 4.09. The predicted octanol–water partition coefficient (Wildman–Crippen LogP) is 1.80. The summed E-state index contributed by atoms with van der Waals surface area (Å²) in [5.74, 6) is 0.904. The smallest absolute Gasteiger partial charge is 0.191 e. The maximum absolute atomic E-state index is 12.9. The third-order valence-electron chi connectivity index (χ3n) is 2.46. The van der Waals surface area contributed by atoms with Crippen molar-refractivity contribution in [3.63, 3.8) is 0 Å². The molecular weight excluding hydrogens is 257 g/mol. The summed E-state index contributed by atoms with van der Waals surface area (Å²) >= 11 is 5.65. The predicted molar refractivity (Wildman–Crippen MR) is 69.8 cm³/mol. The highest BCUT2D eigenvalue weighted by atomic mass is 35.5. The van der Waals surface area contributed by atoms with Crippen molar-refractivity contribution in [1.82, 2.24) is 10.6 Å². The van der Waals surface area contributed by atoms with Crippen LogP contribution >= 0.6 is 11.6 Å². The first-order valence-corrected chi connectivity index (χ1v) is 6.15. The number of guanidine groups is 1. The van der Waals surface area contributed by atoms with Crippen LogP contribution in [0.1, 0.15) is 6.92 Å². The van der Waals surface area contributed by atoms with Gasteiger partial charge in [0.2, 0.25) is 0 Å². The number of nitrogens with one attached hydrogen (secondary N) is 2. The molecule has 1 aliphatic heterocycles. The van der Waals surface area contributed by atoms with E-state index in [-0.39, 0.29) is 5.02 Å². The highest BCUT2D eigenvalue weighted by molar-refractivity contribution is 6.30. The van der Waals surface area contributed by atoms with Crippen molar-refractivity contribution in [3.05, 3.63) is 29.0 Å². The van der Waals surface area contributed by atoms with E-state index in [1.54, 1.807) is 6.07 Å². The van der Waals surface area contributed by atoms with Crippen molar-refractivity contribution in [2.24, 2.45) is 4.99 Å². The van der Waals surface area contributed by atoms with Gasteiger partial charge < -0.3 is 15.4 Å². The Morgan fingerprint density at radius 2 is 2.44 bits per heavy atom. The summed E-state index contributed by atoms with van der Waals surface area (Å²) in [7, 11) is 0. The van der Waals surface area contributed by atoms with Gasteiger partial charge in [0, 0.05) is 12.1 Å². The van der Waals surface area contributed by atoms with Gasteiger partial charge in [-0.15, -0.1) is 0 Å². The normalized spacial score (nSPS) is 18.2. The molecule has 0 bridgehead atoms. The molecule has 98 valence electrons. The van der Waals surface area contributed by atoms with Gasteiger partial charge in [0.1, 0.15) is 18.2 Å². The maximum Gasteiger partial charge on any atom is 0.191 e. The zero-order chi connectivity index (χ0) is 13.0. The van der Waals surface area contributed by atoms with Gasteiger partial charge in [0.25, 0.3) is 0 Å². The van der Waals surface area contributed by atoms with Gasteiger partial charge in [-0.05, 0) is 19.1 Å². The summed E-state index contributed by atoms with van der Waals surface area (Å²) in [6.45, 7) is 3.93. The van der Waals surface area contributed by atoms with E-state index in [9.17, 15) is 4.39 Å². The first kappa shape index (κ1) is 13.0. The molecular formula is C12H15ClFN3O. The van der Waals surface area contributed by atoms with Gasteiger partial charge in [-0.1, -0.05) is 11.6 Å². The molecule has 1 aromatic carbocycles. The van der Waals surface area contributed by atoms with Crippen molar-refractivity contribution in [3.8, 4) is 5.75 Å². The van der Waals surface area contributed by atoms with Crippen LogP contribution in [-0.4, -0.2) is 31.7 Å². The van der Waals surface area contributed by atoms with E-state index in [0.717, 1.165) is 12.5 Å². The van der Waals surface area contributed by atoms with E-state index in [4.69, 9.17) is 16.3 Å². The highest BCUT2D eigenvalue weighted by Gasteiger charge is 2.11. The minimum Gasteiger partial charge on any atom is -0.492 e. The summed E-state index contributed by atoms with van der Waals surface area (Å²) in [5, 5.41) is 6.36. The van der Waals surface area contributed by atoms with E-state index in [1.807, 2.05) is 0 Å². The molecule has 1 unspecified atom stereocenters. The number of rotatable bonds is 4. The van der Waals surface area contributed by atoms with Crippen LogP contribution in [0.3, 0.4) is 0 Å². The van der Waals surface area contributed by atoms with Crippen LogP contribution in [0.4, 0.5) is 4.39 Å². The third kappa shape index (κ3) is 3.50.